The molecule has 0 N–H and O–H groups in total. The van der Waals surface area contributed by atoms with Crippen molar-refractivity contribution >= 4 is 5.97 Å². The van der Waals surface area contributed by atoms with Gasteiger partial charge in [0.25, 0.3) is 0 Å². The minimum atomic E-state index is -0.323. The summed E-state index contributed by atoms with van der Waals surface area (Å²) in [5.41, 5.74) is 2.25. The van der Waals surface area contributed by atoms with E-state index < -0.39 is 0 Å². The molecule has 2 nitrogen and oxygen atoms in total. The van der Waals surface area contributed by atoms with Crippen LogP contribution in [0.25, 0.3) is 0 Å². The van der Waals surface area contributed by atoms with Gasteiger partial charge in [-0.15, -0.1) is 5.73 Å². The van der Waals surface area contributed by atoms with Crippen LogP contribution < -0.4 is 0 Å². The molecule has 0 aliphatic carbocycles. The average molecular weight is 182 g/mol. The molecule has 2 heteroatoms. The Hall–Kier alpha value is -1.27. The molecule has 0 heterocycles. The lowest BCUT2D eigenvalue weighted by molar-refractivity contribution is -0.137. The van der Waals surface area contributed by atoms with Crippen LogP contribution in [0, 0.1) is 0 Å². The summed E-state index contributed by atoms with van der Waals surface area (Å²) in [6, 6.07) is 0. The van der Waals surface area contributed by atoms with E-state index in [0.717, 1.165) is 19.3 Å². The molecule has 74 valence electrons. The van der Waals surface area contributed by atoms with Crippen LogP contribution in [0.4, 0.5) is 0 Å². The van der Waals surface area contributed by atoms with Crippen molar-refractivity contribution in [1.29, 1.82) is 0 Å². The van der Waals surface area contributed by atoms with E-state index in [-0.39, 0.29) is 5.97 Å². The molecular formula is C11H18O2. The summed E-state index contributed by atoms with van der Waals surface area (Å²) in [5.74, 6) is -0.323. The first-order chi connectivity index (χ1) is 6.22. The summed E-state index contributed by atoms with van der Waals surface area (Å²) >= 11 is 0. The van der Waals surface area contributed by atoms with Crippen LogP contribution in [0.5, 0.6) is 0 Å². The monoisotopic (exact) mass is 182 g/mol. The fourth-order valence-electron chi connectivity index (χ4n) is 0.584. The first-order valence-corrected chi connectivity index (χ1v) is 4.31. The lowest BCUT2D eigenvalue weighted by atomic mass is 10.3. The van der Waals surface area contributed by atoms with Crippen molar-refractivity contribution in [1.82, 2.24) is 0 Å². The van der Waals surface area contributed by atoms with Crippen molar-refractivity contribution in [2.75, 3.05) is 6.61 Å². The summed E-state index contributed by atoms with van der Waals surface area (Å²) in [6.07, 6.45) is 4.40. The lowest BCUT2D eigenvalue weighted by Crippen LogP contribution is -2.01. The van der Waals surface area contributed by atoms with Gasteiger partial charge in [-0.25, -0.2) is 4.79 Å². The minimum absolute atomic E-state index is 0.323. The molecule has 0 rings (SSSR count). The smallest absolute Gasteiger partial charge is 0.330 e. The fraction of sp³-hybridized carbons (Fsp3) is 0.455. The Labute approximate surface area is 80.6 Å². The zero-order chi connectivity index (χ0) is 10.5. The van der Waals surface area contributed by atoms with Crippen molar-refractivity contribution in [3.63, 3.8) is 0 Å². The van der Waals surface area contributed by atoms with Gasteiger partial charge < -0.3 is 4.74 Å². The van der Waals surface area contributed by atoms with Crippen LogP contribution in [-0.4, -0.2) is 12.6 Å². The quantitative estimate of drug-likeness (QED) is 0.283. The summed E-state index contributed by atoms with van der Waals surface area (Å²) in [5, 5.41) is 0. The van der Waals surface area contributed by atoms with Gasteiger partial charge in [0.05, 0.1) is 6.61 Å². The van der Waals surface area contributed by atoms with E-state index in [1.165, 1.54) is 6.08 Å². The number of ether oxygens (including phenoxy) is 1. The molecule has 13 heavy (non-hydrogen) atoms. The third kappa shape index (κ3) is 18.1. The lowest BCUT2D eigenvalue weighted by Gasteiger charge is -1.98. The van der Waals surface area contributed by atoms with E-state index in [1.54, 1.807) is 0 Å². The maximum absolute atomic E-state index is 10.4. The van der Waals surface area contributed by atoms with E-state index in [0.29, 0.717) is 6.61 Å². The fourth-order valence-corrected chi connectivity index (χ4v) is 0.584. The Morgan fingerprint density at radius 3 is 2.38 bits per heavy atom. The van der Waals surface area contributed by atoms with Gasteiger partial charge in [-0.2, -0.15) is 0 Å². The average Bonchev–Trinajstić information content (AvgIpc) is 2.13. The number of rotatable bonds is 5. The van der Waals surface area contributed by atoms with Gasteiger partial charge in [-0.3, -0.25) is 0 Å². The van der Waals surface area contributed by atoms with E-state index >= 15 is 0 Å². The Morgan fingerprint density at radius 2 is 2.00 bits per heavy atom. The van der Waals surface area contributed by atoms with Crippen molar-refractivity contribution in [3.05, 3.63) is 31.5 Å². The highest BCUT2D eigenvalue weighted by Gasteiger charge is 1.92. The van der Waals surface area contributed by atoms with Crippen LogP contribution >= 0.6 is 0 Å². The zero-order valence-electron chi connectivity index (χ0n) is 8.34. The number of unbranched alkanes of at least 4 members (excludes halogenated alkanes) is 2. The molecule has 0 radical (unpaired) electrons. The summed E-state index contributed by atoms with van der Waals surface area (Å²) in [4.78, 5) is 10.4. The van der Waals surface area contributed by atoms with Crippen LogP contribution in [0.2, 0.25) is 0 Å². The molecule has 0 fully saturated rings. The molecule has 0 spiro atoms. The molecule has 0 aromatic rings. The summed E-state index contributed by atoms with van der Waals surface area (Å²) in [7, 11) is 0. The van der Waals surface area contributed by atoms with Crippen LogP contribution in [-0.2, 0) is 9.53 Å². The van der Waals surface area contributed by atoms with Gasteiger partial charge in [-0.1, -0.05) is 39.5 Å². The van der Waals surface area contributed by atoms with Crippen molar-refractivity contribution < 1.29 is 9.53 Å². The van der Waals surface area contributed by atoms with E-state index in [1.807, 2.05) is 0 Å². The number of hydrogen-bond acceptors (Lipinski definition) is 2. The molecule has 0 bridgehead atoms. The Kier molecular flexibility index (Phi) is 14.6. The number of carbonyl (C=O) groups excluding carboxylic acids is 1. The predicted octanol–water partition coefficient (Wildman–Crippen LogP) is 2.86. The maximum atomic E-state index is 10.4. The first-order valence-electron chi connectivity index (χ1n) is 4.31. The third-order valence-corrected chi connectivity index (χ3v) is 1.16. The SMILES string of the molecule is C=C=C.C=CC(=O)OCCCCC. The van der Waals surface area contributed by atoms with Crippen molar-refractivity contribution in [2.45, 2.75) is 26.2 Å². The van der Waals surface area contributed by atoms with Crippen LogP contribution in [0.15, 0.2) is 31.5 Å². The number of carbonyl (C=O) groups is 1. The van der Waals surface area contributed by atoms with Gasteiger partial charge in [0.2, 0.25) is 0 Å². The second-order valence-corrected chi connectivity index (χ2v) is 2.33. The first kappa shape index (κ1) is 14.3. The highest BCUT2D eigenvalue weighted by molar-refractivity contribution is 5.81. The van der Waals surface area contributed by atoms with E-state index in [4.69, 9.17) is 4.74 Å². The van der Waals surface area contributed by atoms with Gasteiger partial charge in [-0.05, 0) is 6.42 Å². The third-order valence-electron chi connectivity index (χ3n) is 1.16. The minimum Gasteiger partial charge on any atom is -0.463 e. The van der Waals surface area contributed by atoms with Crippen molar-refractivity contribution in [3.8, 4) is 0 Å². The molecule has 0 aromatic heterocycles. The molecule has 0 amide bonds. The van der Waals surface area contributed by atoms with Crippen LogP contribution in [0.1, 0.15) is 26.2 Å². The second-order valence-electron chi connectivity index (χ2n) is 2.33. The zero-order valence-corrected chi connectivity index (χ0v) is 8.34. The molecular weight excluding hydrogens is 164 g/mol. The van der Waals surface area contributed by atoms with E-state index in [9.17, 15) is 4.79 Å². The number of hydrogen-bond donors (Lipinski definition) is 0. The highest BCUT2D eigenvalue weighted by atomic mass is 16.5. The van der Waals surface area contributed by atoms with Gasteiger partial charge in [0, 0.05) is 6.08 Å². The van der Waals surface area contributed by atoms with Crippen molar-refractivity contribution in [2.24, 2.45) is 0 Å². The highest BCUT2D eigenvalue weighted by Crippen LogP contribution is 1.94. The summed E-state index contributed by atoms with van der Waals surface area (Å²) < 4.78 is 4.74. The molecule has 0 aromatic carbocycles. The second kappa shape index (κ2) is 13.3. The largest absolute Gasteiger partial charge is 0.463 e. The molecule has 0 atom stereocenters. The van der Waals surface area contributed by atoms with Gasteiger partial charge in [0.1, 0.15) is 0 Å². The topological polar surface area (TPSA) is 26.3 Å². The standard InChI is InChI=1S/C8H14O2.C3H4/c1-3-5-6-7-10-8(9)4-2;1-3-2/h4H,2-3,5-7H2,1H3;1-2H2. The molecule has 0 saturated heterocycles. The van der Waals surface area contributed by atoms with E-state index in [2.05, 4.69) is 32.4 Å². The predicted molar refractivity (Wildman–Crippen MR) is 55.4 cm³/mol. The molecule has 0 aliphatic rings. The summed E-state index contributed by atoms with van der Waals surface area (Å²) in [6.45, 7) is 12.2. The Bertz CT molecular complexity index is 165. The molecule has 0 unspecified atom stereocenters. The van der Waals surface area contributed by atoms with Gasteiger partial charge >= 0.3 is 5.97 Å². The Morgan fingerprint density at radius 1 is 1.46 bits per heavy atom. The Balaban J connectivity index is 0. The molecule has 0 saturated carbocycles. The van der Waals surface area contributed by atoms with Gasteiger partial charge in [0.15, 0.2) is 0 Å². The molecule has 0 aliphatic heterocycles. The normalized spacial score (nSPS) is 7.46. The maximum Gasteiger partial charge on any atom is 0.330 e. The van der Waals surface area contributed by atoms with Crippen LogP contribution in [0.3, 0.4) is 0 Å². The number of esters is 1.